The fourth-order valence-corrected chi connectivity index (χ4v) is 3.57. The van der Waals surface area contributed by atoms with Crippen molar-refractivity contribution < 1.29 is 13.9 Å². The van der Waals surface area contributed by atoms with Crippen molar-refractivity contribution in [2.24, 2.45) is 0 Å². The van der Waals surface area contributed by atoms with E-state index in [9.17, 15) is 9.18 Å². The Morgan fingerprint density at radius 2 is 1.88 bits per heavy atom. The molecule has 0 spiro atoms. The molecule has 0 atom stereocenters. The van der Waals surface area contributed by atoms with Gasteiger partial charge in [0.05, 0.1) is 6.61 Å². The highest BCUT2D eigenvalue weighted by molar-refractivity contribution is 5.75. The van der Waals surface area contributed by atoms with Crippen molar-refractivity contribution in [3.05, 3.63) is 28.8 Å². The first kappa shape index (κ1) is 20.7. The molecule has 0 aromatic heterocycles. The van der Waals surface area contributed by atoms with Gasteiger partial charge in [-0.2, -0.15) is 0 Å². The van der Waals surface area contributed by atoms with Gasteiger partial charge < -0.3 is 10.1 Å². The van der Waals surface area contributed by atoms with Gasteiger partial charge in [0.2, 0.25) is 5.91 Å². The van der Waals surface area contributed by atoms with Crippen LogP contribution in [0.3, 0.4) is 0 Å². The van der Waals surface area contributed by atoms with Crippen LogP contribution in [0.25, 0.3) is 0 Å². The molecule has 0 saturated carbocycles. The highest BCUT2D eigenvalue weighted by atomic mass is 19.1. The quantitative estimate of drug-likeness (QED) is 0.535. The molecule has 0 heterocycles. The van der Waals surface area contributed by atoms with E-state index in [4.69, 9.17) is 4.74 Å². The van der Waals surface area contributed by atoms with Crippen molar-refractivity contribution in [3.8, 4) is 5.75 Å². The monoisotopic (exact) mass is 363 g/mol. The third-order valence-electron chi connectivity index (χ3n) is 5.05. The first-order valence-electron chi connectivity index (χ1n) is 10.3. The number of hydrogen-bond donors (Lipinski definition) is 1. The fraction of sp³-hybridized carbons (Fsp3) is 0.682. The maximum atomic E-state index is 12.1. The van der Waals surface area contributed by atoms with E-state index in [1.165, 1.54) is 48.8 Å². The van der Waals surface area contributed by atoms with E-state index in [-0.39, 0.29) is 12.5 Å². The fourth-order valence-electron chi connectivity index (χ4n) is 3.57. The molecule has 0 saturated heterocycles. The predicted molar refractivity (Wildman–Crippen MR) is 105 cm³/mol. The molecule has 146 valence electrons. The normalized spacial score (nSPS) is 13.3. The van der Waals surface area contributed by atoms with Gasteiger partial charge in [0.1, 0.15) is 12.4 Å². The molecule has 1 N–H and O–H groups in total. The summed E-state index contributed by atoms with van der Waals surface area (Å²) in [5.41, 5.74) is 4.11. The summed E-state index contributed by atoms with van der Waals surface area (Å²) in [4.78, 5) is 11.7. The maximum Gasteiger partial charge on any atom is 0.220 e. The van der Waals surface area contributed by atoms with Crippen LogP contribution in [0.2, 0.25) is 0 Å². The molecular formula is C22H34FNO2. The van der Waals surface area contributed by atoms with Gasteiger partial charge in [0.25, 0.3) is 0 Å². The van der Waals surface area contributed by atoms with Gasteiger partial charge in [0.15, 0.2) is 0 Å². The van der Waals surface area contributed by atoms with Gasteiger partial charge in [-0.1, -0.05) is 32.3 Å². The van der Waals surface area contributed by atoms with Gasteiger partial charge >= 0.3 is 0 Å². The topological polar surface area (TPSA) is 38.3 Å². The summed E-state index contributed by atoms with van der Waals surface area (Å²) >= 11 is 0. The van der Waals surface area contributed by atoms with Crippen molar-refractivity contribution in [2.75, 3.05) is 19.8 Å². The zero-order chi connectivity index (χ0) is 18.6. The Morgan fingerprint density at radius 3 is 2.62 bits per heavy atom. The number of rotatable bonds is 12. The Hall–Kier alpha value is -1.58. The molecular weight excluding hydrogens is 329 g/mol. The van der Waals surface area contributed by atoms with E-state index >= 15 is 0 Å². The lowest BCUT2D eigenvalue weighted by molar-refractivity contribution is -0.121. The third kappa shape index (κ3) is 6.97. The highest BCUT2D eigenvalue weighted by Gasteiger charge is 2.15. The number of unbranched alkanes of at least 4 members (excludes halogenated alkanes) is 3. The average molecular weight is 364 g/mol. The number of benzene rings is 1. The van der Waals surface area contributed by atoms with Crippen LogP contribution in [0, 0.1) is 0 Å². The molecule has 0 unspecified atom stereocenters. The van der Waals surface area contributed by atoms with E-state index in [2.05, 4.69) is 24.4 Å². The number of alkyl halides is 1. The lowest BCUT2D eigenvalue weighted by Crippen LogP contribution is -2.25. The van der Waals surface area contributed by atoms with Crippen molar-refractivity contribution >= 4 is 5.91 Å². The molecule has 1 aromatic carbocycles. The summed E-state index contributed by atoms with van der Waals surface area (Å²) in [7, 11) is 0. The van der Waals surface area contributed by atoms with Crippen LogP contribution in [0.1, 0.15) is 75.0 Å². The second kappa shape index (κ2) is 11.9. The van der Waals surface area contributed by atoms with Crippen LogP contribution in [0.15, 0.2) is 12.1 Å². The lowest BCUT2D eigenvalue weighted by atomic mass is 9.89. The van der Waals surface area contributed by atoms with Gasteiger partial charge in [-0.25, -0.2) is 4.39 Å². The summed E-state index contributed by atoms with van der Waals surface area (Å²) in [6, 6.07) is 4.54. The number of halogens is 1. The largest absolute Gasteiger partial charge is 0.493 e. The first-order valence-corrected chi connectivity index (χ1v) is 10.3. The van der Waals surface area contributed by atoms with Crippen LogP contribution in [-0.4, -0.2) is 25.7 Å². The smallest absolute Gasteiger partial charge is 0.220 e. The summed E-state index contributed by atoms with van der Waals surface area (Å²) in [5, 5.41) is 2.59. The molecule has 2 rings (SSSR count). The van der Waals surface area contributed by atoms with E-state index in [1.807, 2.05) is 0 Å². The summed E-state index contributed by atoms with van der Waals surface area (Å²) < 4.78 is 18.2. The predicted octanol–water partition coefficient (Wildman–Crippen LogP) is 4.93. The number of fused-ring (bicyclic) bond motifs is 1. The van der Waals surface area contributed by atoms with Crippen LogP contribution in [0.4, 0.5) is 4.39 Å². The zero-order valence-corrected chi connectivity index (χ0v) is 16.2. The molecule has 0 fully saturated rings. The summed E-state index contributed by atoms with van der Waals surface area (Å²) in [6.07, 6.45) is 11.6. The van der Waals surface area contributed by atoms with Gasteiger partial charge in [-0.05, 0) is 67.7 Å². The van der Waals surface area contributed by atoms with Crippen LogP contribution < -0.4 is 10.1 Å². The highest BCUT2D eigenvalue weighted by Crippen LogP contribution is 2.30. The summed E-state index contributed by atoms with van der Waals surface area (Å²) in [6.45, 7) is 2.59. The molecule has 1 aliphatic carbocycles. The number of aryl methyl sites for hydroxylation is 3. The molecule has 3 nitrogen and oxygen atoms in total. The minimum Gasteiger partial charge on any atom is -0.493 e. The SMILES string of the molecule is CCCCCCOc1cc2c(cc1CCCC(=O)NCCF)CCCC2. The van der Waals surface area contributed by atoms with Gasteiger partial charge in [0, 0.05) is 13.0 Å². The number of carbonyl (C=O) groups excluding carboxylic acids is 1. The van der Waals surface area contributed by atoms with Crippen molar-refractivity contribution in [2.45, 2.75) is 77.6 Å². The number of ether oxygens (including phenoxy) is 1. The molecule has 4 heteroatoms. The van der Waals surface area contributed by atoms with Crippen LogP contribution in [-0.2, 0) is 24.1 Å². The molecule has 0 bridgehead atoms. The molecule has 1 aromatic rings. The Balaban J connectivity index is 1.93. The Morgan fingerprint density at radius 1 is 1.12 bits per heavy atom. The van der Waals surface area contributed by atoms with Crippen LogP contribution in [0.5, 0.6) is 5.75 Å². The standard InChI is InChI=1S/C22H34FNO2/c1-2-3-4-7-15-26-21-17-19-10-6-5-9-18(19)16-20(21)11-8-12-22(25)24-14-13-23/h16-17H,2-15H2,1H3,(H,24,25). The Labute approximate surface area is 157 Å². The number of amides is 1. The minimum absolute atomic E-state index is 0.0670. The lowest BCUT2D eigenvalue weighted by Gasteiger charge is -2.20. The Kier molecular flexibility index (Phi) is 9.51. The van der Waals surface area contributed by atoms with Crippen molar-refractivity contribution in [1.82, 2.24) is 5.32 Å². The van der Waals surface area contributed by atoms with E-state index < -0.39 is 6.67 Å². The second-order valence-corrected chi connectivity index (χ2v) is 7.24. The molecule has 1 aliphatic rings. The van der Waals surface area contributed by atoms with E-state index in [0.29, 0.717) is 6.42 Å². The number of nitrogens with one attached hydrogen (secondary N) is 1. The van der Waals surface area contributed by atoms with Gasteiger partial charge in [-0.15, -0.1) is 0 Å². The minimum atomic E-state index is -0.507. The third-order valence-corrected chi connectivity index (χ3v) is 5.05. The van der Waals surface area contributed by atoms with E-state index in [0.717, 1.165) is 44.5 Å². The van der Waals surface area contributed by atoms with Crippen molar-refractivity contribution in [1.29, 1.82) is 0 Å². The number of carbonyl (C=O) groups is 1. The van der Waals surface area contributed by atoms with Crippen LogP contribution >= 0.6 is 0 Å². The maximum absolute atomic E-state index is 12.1. The van der Waals surface area contributed by atoms with Crippen molar-refractivity contribution in [3.63, 3.8) is 0 Å². The van der Waals surface area contributed by atoms with E-state index in [1.54, 1.807) is 0 Å². The Bertz CT molecular complexity index is 559. The van der Waals surface area contributed by atoms with Gasteiger partial charge in [-0.3, -0.25) is 4.79 Å². The second-order valence-electron chi connectivity index (χ2n) is 7.24. The first-order chi connectivity index (χ1) is 12.7. The molecule has 1 amide bonds. The summed E-state index contributed by atoms with van der Waals surface area (Å²) in [5.74, 6) is 0.939. The average Bonchev–Trinajstić information content (AvgIpc) is 2.66. The number of hydrogen-bond acceptors (Lipinski definition) is 2. The molecule has 26 heavy (non-hydrogen) atoms. The molecule has 0 radical (unpaired) electrons. The zero-order valence-electron chi connectivity index (χ0n) is 16.2. The molecule has 0 aliphatic heterocycles.